The summed E-state index contributed by atoms with van der Waals surface area (Å²) in [4.78, 5) is 3.98. The average molecular weight is 270 g/mol. The van der Waals surface area contributed by atoms with Gasteiger partial charge in [-0.05, 0) is 31.7 Å². The first-order valence-electron chi connectivity index (χ1n) is 6.24. The van der Waals surface area contributed by atoms with E-state index in [0.717, 1.165) is 24.7 Å². The molecule has 0 aromatic heterocycles. The van der Waals surface area contributed by atoms with Crippen molar-refractivity contribution in [2.24, 2.45) is 0 Å². The third-order valence-corrected chi connectivity index (χ3v) is 3.22. The van der Waals surface area contributed by atoms with Crippen molar-refractivity contribution in [2.75, 3.05) is 25.2 Å². The lowest BCUT2D eigenvalue weighted by molar-refractivity contribution is -0.137. The van der Waals surface area contributed by atoms with E-state index in [0.29, 0.717) is 12.4 Å². The highest BCUT2D eigenvalue weighted by molar-refractivity contribution is 5.54. The second kappa shape index (κ2) is 5.25. The van der Waals surface area contributed by atoms with Crippen molar-refractivity contribution < 1.29 is 13.2 Å². The van der Waals surface area contributed by atoms with Crippen LogP contribution in [0.3, 0.4) is 0 Å². The number of alkyl halides is 3. The van der Waals surface area contributed by atoms with Gasteiger partial charge in [0.25, 0.3) is 0 Å². The molecule has 0 fully saturated rings. The molecule has 0 bridgehead atoms. The van der Waals surface area contributed by atoms with Gasteiger partial charge in [0.05, 0.1) is 12.2 Å². The lowest BCUT2D eigenvalue weighted by Gasteiger charge is -2.35. The van der Waals surface area contributed by atoms with Crippen LogP contribution in [0.1, 0.15) is 18.9 Å². The van der Waals surface area contributed by atoms with Gasteiger partial charge in [-0.2, -0.15) is 13.2 Å². The van der Waals surface area contributed by atoms with E-state index in [9.17, 15) is 13.2 Å². The molecule has 1 aliphatic rings. The summed E-state index contributed by atoms with van der Waals surface area (Å²) in [7, 11) is 1.95. The summed E-state index contributed by atoms with van der Waals surface area (Å²) in [5.74, 6) is 0. The van der Waals surface area contributed by atoms with Gasteiger partial charge in [-0.3, -0.25) is 4.90 Å². The normalized spacial score (nSPS) is 17.5. The Morgan fingerprint density at radius 3 is 2.63 bits per heavy atom. The van der Waals surface area contributed by atoms with E-state index < -0.39 is 11.7 Å². The summed E-state index contributed by atoms with van der Waals surface area (Å²) in [5.41, 5.74) is 1.06. The molecule has 19 heavy (non-hydrogen) atoms. The third kappa shape index (κ3) is 3.10. The summed E-state index contributed by atoms with van der Waals surface area (Å²) in [6.45, 7) is 3.46. The smallest absolute Gasteiger partial charge is 0.332 e. The zero-order chi connectivity index (χ0) is 14.0. The highest BCUT2D eigenvalue weighted by Gasteiger charge is 2.31. The summed E-state index contributed by atoms with van der Waals surface area (Å²) in [5, 5.41) is 0. The maximum Gasteiger partial charge on any atom is 0.416 e. The molecule has 0 amide bonds. The van der Waals surface area contributed by atoms with Crippen molar-refractivity contribution in [3.63, 3.8) is 0 Å². The third-order valence-electron chi connectivity index (χ3n) is 3.22. The first kappa shape index (κ1) is 13.9. The van der Waals surface area contributed by atoms with Crippen LogP contribution in [0.25, 0.3) is 0 Å². The highest BCUT2D eigenvalue weighted by atomic mass is 19.4. The molecule has 0 N–H and O–H groups in total. The molecule has 2 nitrogen and oxygen atoms in total. The molecule has 104 valence electrons. The van der Waals surface area contributed by atoms with Gasteiger partial charge in [0.2, 0.25) is 0 Å². The first-order chi connectivity index (χ1) is 8.91. The molecule has 0 spiro atoms. The number of rotatable bonds is 2. The predicted molar refractivity (Wildman–Crippen MR) is 69.8 cm³/mol. The SMILES string of the molecule is CCC1=CCN(C)CN1c1cccc(C(F)(F)F)c1. The van der Waals surface area contributed by atoms with Crippen LogP contribution in [0.2, 0.25) is 0 Å². The molecule has 2 rings (SSSR count). The standard InChI is InChI=1S/C14H17F3N2/c1-3-12-7-8-18(2)10-19(12)13-6-4-5-11(9-13)14(15,16)17/h4-7,9H,3,8,10H2,1-2H3. The van der Waals surface area contributed by atoms with E-state index in [1.807, 2.05) is 18.9 Å². The van der Waals surface area contributed by atoms with Gasteiger partial charge in [-0.1, -0.05) is 19.1 Å². The van der Waals surface area contributed by atoms with Gasteiger partial charge in [0.15, 0.2) is 0 Å². The molecule has 1 aromatic rings. The lowest BCUT2D eigenvalue weighted by Crippen LogP contribution is -2.39. The Bertz CT molecular complexity index is 480. The lowest BCUT2D eigenvalue weighted by atomic mass is 10.1. The molecule has 0 unspecified atom stereocenters. The first-order valence-corrected chi connectivity index (χ1v) is 6.24. The Kier molecular flexibility index (Phi) is 3.85. The molecule has 0 radical (unpaired) electrons. The van der Waals surface area contributed by atoms with E-state index >= 15 is 0 Å². The molecule has 1 heterocycles. The maximum absolute atomic E-state index is 12.7. The van der Waals surface area contributed by atoms with Gasteiger partial charge in [-0.15, -0.1) is 0 Å². The maximum atomic E-state index is 12.7. The summed E-state index contributed by atoms with van der Waals surface area (Å²) >= 11 is 0. The van der Waals surface area contributed by atoms with E-state index in [1.165, 1.54) is 12.1 Å². The van der Waals surface area contributed by atoms with Crippen LogP contribution in [0.4, 0.5) is 18.9 Å². The summed E-state index contributed by atoms with van der Waals surface area (Å²) < 4.78 is 38.2. The van der Waals surface area contributed by atoms with Crippen molar-refractivity contribution in [1.29, 1.82) is 0 Å². The Labute approximate surface area is 111 Å². The van der Waals surface area contributed by atoms with Crippen LogP contribution < -0.4 is 4.90 Å². The minimum Gasteiger partial charge on any atom is -0.332 e. The van der Waals surface area contributed by atoms with Crippen molar-refractivity contribution >= 4 is 5.69 Å². The van der Waals surface area contributed by atoms with Crippen LogP contribution in [0.15, 0.2) is 36.0 Å². The fraction of sp³-hybridized carbons (Fsp3) is 0.429. The van der Waals surface area contributed by atoms with E-state index in [4.69, 9.17) is 0 Å². The number of allylic oxidation sites excluding steroid dienone is 1. The zero-order valence-corrected chi connectivity index (χ0v) is 11.0. The molecule has 0 saturated heterocycles. The Morgan fingerprint density at radius 1 is 1.26 bits per heavy atom. The molecule has 0 saturated carbocycles. The fourth-order valence-electron chi connectivity index (χ4n) is 2.19. The van der Waals surface area contributed by atoms with Gasteiger partial charge in [0.1, 0.15) is 0 Å². The molecule has 5 heteroatoms. The minimum absolute atomic E-state index is 0.592. The van der Waals surface area contributed by atoms with Gasteiger partial charge < -0.3 is 4.90 Å². The minimum atomic E-state index is -4.30. The second-order valence-electron chi connectivity index (χ2n) is 4.71. The largest absolute Gasteiger partial charge is 0.416 e. The van der Waals surface area contributed by atoms with Crippen LogP contribution in [-0.2, 0) is 6.18 Å². The van der Waals surface area contributed by atoms with Gasteiger partial charge in [0, 0.05) is 17.9 Å². The summed E-state index contributed by atoms with van der Waals surface area (Å²) in [6.07, 6.45) is -1.43. The highest BCUT2D eigenvalue weighted by Crippen LogP contribution is 2.33. The van der Waals surface area contributed by atoms with Gasteiger partial charge in [-0.25, -0.2) is 0 Å². The number of hydrogen-bond donors (Lipinski definition) is 0. The van der Waals surface area contributed by atoms with Crippen molar-refractivity contribution in [1.82, 2.24) is 4.90 Å². The van der Waals surface area contributed by atoms with Crippen molar-refractivity contribution in [3.8, 4) is 0 Å². The topological polar surface area (TPSA) is 6.48 Å². The van der Waals surface area contributed by atoms with Crippen molar-refractivity contribution in [3.05, 3.63) is 41.6 Å². The number of nitrogens with zero attached hydrogens (tertiary/aromatic N) is 2. The van der Waals surface area contributed by atoms with E-state index in [2.05, 4.69) is 11.0 Å². The molecule has 1 aromatic carbocycles. The number of halogens is 3. The Hall–Kier alpha value is -1.49. The monoisotopic (exact) mass is 270 g/mol. The van der Waals surface area contributed by atoms with E-state index in [-0.39, 0.29) is 0 Å². The van der Waals surface area contributed by atoms with Crippen LogP contribution in [0.5, 0.6) is 0 Å². The Morgan fingerprint density at radius 2 is 2.00 bits per heavy atom. The molecule has 0 atom stereocenters. The fourth-order valence-corrected chi connectivity index (χ4v) is 2.19. The van der Waals surface area contributed by atoms with E-state index in [1.54, 1.807) is 6.07 Å². The van der Waals surface area contributed by atoms with Crippen molar-refractivity contribution in [2.45, 2.75) is 19.5 Å². The predicted octanol–water partition coefficient (Wildman–Crippen LogP) is 3.71. The quantitative estimate of drug-likeness (QED) is 0.808. The number of anilines is 1. The molecule has 1 aliphatic heterocycles. The number of benzene rings is 1. The number of hydrogen-bond acceptors (Lipinski definition) is 2. The molecular formula is C14H17F3N2. The molecular weight excluding hydrogens is 253 g/mol. The second-order valence-corrected chi connectivity index (χ2v) is 4.71. The molecule has 0 aliphatic carbocycles. The van der Waals surface area contributed by atoms with Crippen LogP contribution in [-0.4, -0.2) is 25.2 Å². The summed E-state index contributed by atoms with van der Waals surface area (Å²) in [6, 6.07) is 5.49. The zero-order valence-electron chi connectivity index (χ0n) is 11.0. The van der Waals surface area contributed by atoms with Crippen LogP contribution in [0, 0.1) is 0 Å². The average Bonchev–Trinajstić information content (AvgIpc) is 2.38. The van der Waals surface area contributed by atoms with Crippen LogP contribution >= 0.6 is 0 Å². The number of likely N-dealkylation sites (N-methyl/N-ethyl adjacent to an activating group) is 1. The Balaban J connectivity index is 2.35. The van der Waals surface area contributed by atoms with Gasteiger partial charge >= 0.3 is 6.18 Å².